The maximum Gasteiger partial charge on any atom is 0.331 e. The van der Waals surface area contributed by atoms with Gasteiger partial charge < -0.3 is 14.2 Å². The van der Waals surface area contributed by atoms with E-state index in [2.05, 4.69) is 0 Å². The zero-order valence-corrected chi connectivity index (χ0v) is 16.3. The maximum atomic E-state index is 12.4. The second-order valence-electron chi connectivity index (χ2n) is 6.22. The van der Waals surface area contributed by atoms with Gasteiger partial charge in [-0.05, 0) is 44.0 Å². The van der Waals surface area contributed by atoms with Crippen LogP contribution in [-0.2, 0) is 9.53 Å². The van der Waals surface area contributed by atoms with Gasteiger partial charge in [0.05, 0.1) is 14.2 Å². The van der Waals surface area contributed by atoms with E-state index in [0.717, 1.165) is 16.7 Å². The first-order valence-corrected chi connectivity index (χ1v) is 8.54. The topological polar surface area (TPSA) is 61.8 Å². The van der Waals surface area contributed by atoms with Crippen LogP contribution < -0.4 is 9.47 Å². The molecule has 0 amide bonds. The molecule has 0 saturated carbocycles. The lowest BCUT2D eigenvalue weighted by atomic mass is 9.97. The molecule has 0 atom stereocenters. The standard InChI is InChI=1S/C22H24O5/c1-14-11-15(2)21(16(3)12-14)18(23)13-27-20(24)10-9-17-7-6-8-19(25-4)22(17)26-5/h6-12H,13H2,1-5H3/b10-9+. The van der Waals surface area contributed by atoms with Crippen LogP contribution in [0.1, 0.15) is 32.6 Å². The smallest absolute Gasteiger partial charge is 0.331 e. The quantitative estimate of drug-likeness (QED) is 0.419. The Bertz CT molecular complexity index is 857. The van der Waals surface area contributed by atoms with Gasteiger partial charge in [-0.3, -0.25) is 4.79 Å². The van der Waals surface area contributed by atoms with Gasteiger partial charge in [0, 0.05) is 17.2 Å². The molecule has 0 spiro atoms. The highest BCUT2D eigenvalue weighted by atomic mass is 16.5. The number of rotatable bonds is 7. The Balaban J connectivity index is 2.05. The van der Waals surface area contributed by atoms with Crippen molar-refractivity contribution >= 4 is 17.8 Å². The lowest BCUT2D eigenvalue weighted by Crippen LogP contribution is -2.15. The fourth-order valence-corrected chi connectivity index (χ4v) is 3.08. The van der Waals surface area contributed by atoms with Crippen LogP contribution in [0.4, 0.5) is 0 Å². The summed E-state index contributed by atoms with van der Waals surface area (Å²) in [7, 11) is 3.07. The molecule has 0 saturated heterocycles. The van der Waals surface area contributed by atoms with Crippen LogP contribution in [0.25, 0.3) is 6.08 Å². The number of carbonyl (C=O) groups excluding carboxylic acids is 2. The number of para-hydroxylation sites is 1. The third kappa shape index (κ3) is 4.97. The first-order valence-electron chi connectivity index (χ1n) is 8.54. The van der Waals surface area contributed by atoms with Crippen molar-refractivity contribution in [3.63, 3.8) is 0 Å². The number of methoxy groups -OCH3 is 2. The minimum absolute atomic E-state index is 0.217. The summed E-state index contributed by atoms with van der Waals surface area (Å²) in [5, 5.41) is 0. The molecule has 0 unspecified atom stereocenters. The summed E-state index contributed by atoms with van der Waals surface area (Å²) in [6.45, 7) is 5.43. The van der Waals surface area contributed by atoms with E-state index in [1.165, 1.54) is 13.2 Å². The zero-order valence-electron chi connectivity index (χ0n) is 16.3. The fourth-order valence-electron chi connectivity index (χ4n) is 3.08. The number of benzene rings is 2. The fraction of sp³-hybridized carbons (Fsp3) is 0.273. The highest BCUT2D eigenvalue weighted by Gasteiger charge is 2.14. The molecular weight excluding hydrogens is 344 g/mol. The highest BCUT2D eigenvalue weighted by molar-refractivity contribution is 6.01. The predicted octanol–water partition coefficient (Wildman–Crippen LogP) is 4.07. The molecule has 0 bridgehead atoms. The van der Waals surface area contributed by atoms with E-state index in [-0.39, 0.29) is 12.4 Å². The molecule has 0 radical (unpaired) electrons. The normalized spacial score (nSPS) is 10.7. The Morgan fingerprint density at radius 1 is 1.00 bits per heavy atom. The van der Waals surface area contributed by atoms with Crippen LogP contribution in [-0.4, -0.2) is 32.6 Å². The number of ketones is 1. The molecule has 27 heavy (non-hydrogen) atoms. The third-order valence-electron chi connectivity index (χ3n) is 4.13. The summed E-state index contributed by atoms with van der Waals surface area (Å²) in [5.74, 6) is 0.265. The molecule has 0 fully saturated rings. The first kappa shape index (κ1) is 20.2. The van der Waals surface area contributed by atoms with Crippen molar-refractivity contribution in [1.29, 1.82) is 0 Å². The molecule has 0 aliphatic carbocycles. The highest BCUT2D eigenvalue weighted by Crippen LogP contribution is 2.31. The largest absolute Gasteiger partial charge is 0.493 e. The van der Waals surface area contributed by atoms with Gasteiger partial charge in [-0.2, -0.15) is 0 Å². The van der Waals surface area contributed by atoms with Gasteiger partial charge in [-0.1, -0.05) is 29.8 Å². The van der Waals surface area contributed by atoms with Gasteiger partial charge in [-0.15, -0.1) is 0 Å². The maximum absolute atomic E-state index is 12.4. The van der Waals surface area contributed by atoms with Crippen LogP contribution in [0.15, 0.2) is 36.4 Å². The second kappa shape index (κ2) is 9.03. The third-order valence-corrected chi connectivity index (χ3v) is 4.13. The molecule has 0 N–H and O–H groups in total. The number of esters is 1. The van der Waals surface area contributed by atoms with E-state index in [1.807, 2.05) is 32.9 Å². The van der Waals surface area contributed by atoms with E-state index >= 15 is 0 Å². The summed E-state index contributed by atoms with van der Waals surface area (Å²) >= 11 is 0. The first-order chi connectivity index (χ1) is 12.9. The van der Waals surface area contributed by atoms with Crippen LogP contribution in [0.3, 0.4) is 0 Å². The summed E-state index contributed by atoms with van der Waals surface area (Å²) in [6.07, 6.45) is 2.83. The zero-order chi connectivity index (χ0) is 20.0. The number of ether oxygens (including phenoxy) is 3. The molecule has 5 heteroatoms. The van der Waals surface area contributed by atoms with Gasteiger partial charge in [0.25, 0.3) is 0 Å². The molecule has 142 valence electrons. The van der Waals surface area contributed by atoms with Crippen molar-refractivity contribution in [3.8, 4) is 11.5 Å². The second-order valence-corrected chi connectivity index (χ2v) is 6.22. The van der Waals surface area contributed by atoms with E-state index in [0.29, 0.717) is 22.6 Å². The lowest BCUT2D eigenvalue weighted by Gasteiger charge is -2.10. The Morgan fingerprint density at radius 3 is 2.26 bits per heavy atom. The minimum atomic E-state index is -0.601. The van der Waals surface area contributed by atoms with Crippen LogP contribution in [0.2, 0.25) is 0 Å². The Kier molecular flexibility index (Phi) is 6.77. The molecule has 2 rings (SSSR count). The van der Waals surface area contributed by atoms with E-state index < -0.39 is 5.97 Å². The van der Waals surface area contributed by atoms with E-state index in [1.54, 1.807) is 31.4 Å². The number of aryl methyl sites for hydroxylation is 3. The minimum Gasteiger partial charge on any atom is -0.493 e. The van der Waals surface area contributed by atoms with Crippen molar-refractivity contribution in [3.05, 3.63) is 64.2 Å². The van der Waals surface area contributed by atoms with Crippen molar-refractivity contribution in [2.75, 3.05) is 20.8 Å². The van der Waals surface area contributed by atoms with Crippen LogP contribution in [0, 0.1) is 20.8 Å². The van der Waals surface area contributed by atoms with E-state index in [4.69, 9.17) is 14.2 Å². The molecule has 0 aliphatic rings. The molecular formula is C22H24O5. The van der Waals surface area contributed by atoms with Gasteiger partial charge in [-0.25, -0.2) is 4.79 Å². The Labute approximate surface area is 159 Å². The Hall–Kier alpha value is -3.08. The summed E-state index contributed by atoms with van der Waals surface area (Å²) in [4.78, 5) is 24.4. The van der Waals surface area contributed by atoms with Crippen LogP contribution in [0.5, 0.6) is 11.5 Å². The van der Waals surface area contributed by atoms with Gasteiger partial charge in [0.15, 0.2) is 18.1 Å². The van der Waals surface area contributed by atoms with Gasteiger partial charge >= 0.3 is 5.97 Å². The summed E-state index contributed by atoms with van der Waals surface area (Å²) in [5.41, 5.74) is 4.13. The average molecular weight is 368 g/mol. The van der Waals surface area contributed by atoms with Gasteiger partial charge in [0.2, 0.25) is 5.78 Å². The Morgan fingerprint density at radius 2 is 1.67 bits per heavy atom. The summed E-state index contributed by atoms with van der Waals surface area (Å²) in [6, 6.07) is 9.22. The van der Waals surface area contributed by atoms with Crippen LogP contribution >= 0.6 is 0 Å². The monoisotopic (exact) mass is 368 g/mol. The van der Waals surface area contributed by atoms with E-state index in [9.17, 15) is 9.59 Å². The van der Waals surface area contributed by atoms with Crippen molar-refractivity contribution in [2.45, 2.75) is 20.8 Å². The lowest BCUT2D eigenvalue weighted by molar-refractivity contribution is -0.136. The summed E-state index contributed by atoms with van der Waals surface area (Å²) < 4.78 is 15.6. The molecule has 0 aliphatic heterocycles. The average Bonchev–Trinajstić information content (AvgIpc) is 2.63. The SMILES string of the molecule is COc1cccc(/C=C/C(=O)OCC(=O)c2c(C)cc(C)cc2C)c1OC. The predicted molar refractivity (Wildman–Crippen MR) is 105 cm³/mol. The molecule has 2 aromatic rings. The van der Waals surface area contributed by atoms with Gasteiger partial charge in [0.1, 0.15) is 0 Å². The van der Waals surface area contributed by atoms with Crippen molar-refractivity contribution in [2.24, 2.45) is 0 Å². The number of Topliss-reactive ketones (excluding diaryl/α,β-unsaturated/α-hetero) is 1. The number of hydrogen-bond acceptors (Lipinski definition) is 5. The molecule has 2 aromatic carbocycles. The number of carbonyl (C=O) groups is 2. The molecule has 0 aromatic heterocycles. The number of hydrogen-bond donors (Lipinski definition) is 0. The molecule has 0 heterocycles. The van der Waals surface area contributed by atoms with Crippen molar-refractivity contribution in [1.82, 2.24) is 0 Å². The molecule has 5 nitrogen and oxygen atoms in total. The van der Waals surface area contributed by atoms with Crippen molar-refractivity contribution < 1.29 is 23.8 Å².